The molecule has 0 saturated heterocycles. The second kappa shape index (κ2) is 4.33. The van der Waals surface area contributed by atoms with E-state index >= 15 is 0 Å². The number of halogens is 1. The van der Waals surface area contributed by atoms with Crippen molar-refractivity contribution >= 4 is 21.7 Å². The quantitative estimate of drug-likeness (QED) is 0.745. The number of rotatable bonds is 1. The molecule has 1 aromatic rings. The molecule has 0 unspecified atom stereocenters. The summed E-state index contributed by atoms with van der Waals surface area (Å²) in [6.45, 7) is 6.89. The van der Waals surface area contributed by atoms with Gasteiger partial charge in [0.25, 0.3) is 0 Å². The summed E-state index contributed by atoms with van der Waals surface area (Å²) < 4.78 is 12.2. The highest BCUT2D eigenvalue weighted by atomic mass is 79.9. The van der Waals surface area contributed by atoms with Crippen LogP contribution in [0.3, 0.4) is 0 Å². The third kappa shape index (κ3) is 2.63. The molecule has 1 aromatic carbocycles. The zero-order chi connectivity index (χ0) is 12.6. The molecule has 0 N–H and O–H groups in total. The second-order valence-corrected chi connectivity index (χ2v) is 5.93. The van der Waals surface area contributed by atoms with E-state index in [4.69, 9.17) is 9.47 Å². The minimum atomic E-state index is -0.0259. The predicted octanol–water partition coefficient (Wildman–Crippen LogP) is 3.45. The van der Waals surface area contributed by atoms with Crippen LogP contribution in [0, 0.1) is 5.41 Å². The number of hydrogen-bond donors (Lipinski definition) is 0. The van der Waals surface area contributed by atoms with Crippen LogP contribution in [0.25, 0.3) is 0 Å². The van der Waals surface area contributed by atoms with Gasteiger partial charge >= 0.3 is 0 Å². The first kappa shape index (κ1) is 12.4. The molecule has 1 heterocycles. The third-order valence-corrected chi connectivity index (χ3v) is 3.31. The highest BCUT2D eigenvalue weighted by molar-refractivity contribution is 9.10. The van der Waals surface area contributed by atoms with E-state index in [1.165, 1.54) is 6.92 Å². The van der Waals surface area contributed by atoms with Gasteiger partial charge in [0.05, 0.1) is 13.2 Å². The van der Waals surface area contributed by atoms with Crippen LogP contribution in [0.2, 0.25) is 0 Å². The Balaban J connectivity index is 2.41. The molecule has 0 spiro atoms. The molecule has 0 fully saturated rings. The van der Waals surface area contributed by atoms with Gasteiger partial charge in [-0.25, -0.2) is 0 Å². The first-order valence-electron chi connectivity index (χ1n) is 5.49. The SMILES string of the molecule is CC(=O)c1cc2c(cc1Br)OCC(C)(C)CO2. The number of fused-ring (bicyclic) bond motifs is 1. The molecule has 0 amide bonds. The van der Waals surface area contributed by atoms with Gasteiger partial charge in [-0.05, 0) is 35.0 Å². The maximum absolute atomic E-state index is 11.4. The van der Waals surface area contributed by atoms with E-state index < -0.39 is 0 Å². The van der Waals surface area contributed by atoms with Crippen LogP contribution >= 0.6 is 15.9 Å². The number of ether oxygens (including phenoxy) is 2. The molecule has 2 rings (SSSR count). The van der Waals surface area contributed by atoms with Crippen molar-refractivity contribution in [2.45, 2.75) is 20.8 Å². The summed E-state index contributed by atoms with van der Waals surface area (Å²) in [5.74, 6) is 1.34. The Morgan fingerprint density at radius 1 is 1.24 bits per heavy atom. The lowest BCUT2D eigenvalue weighted by Crippen LogP contribution is -2.26. The van der Waals surface area contributed by atoms with Crippen molar-refractivity contribution in [3.63, 3.8) is 0 Å². The van der Waals surface area contributed by atoms with Crippen LogP contribution in [-0.2, 0) is 0 Å². The average molecular weight is 299 g/mol. The van der Waals surface area contributed by atoms with E-state index in [1.807, 2.05) is 0 Å². The van der Waals surface area contributed by atoms with Gasteiger partial charge < -0.3 is 9.47 Å². The Bertz CT molecular complexity index is 466. The number of carbonyl (C=O) groups is 1. The van der Waals surface area contributed by atoms with Crippen LogP contribution in [0.4, 0.5) is 0 Å². The van der Waals surface area contributed by atoms with Gasteiger partial charge in [-0.1, -0.05) is 13.8 Å². The maximum Gasteiger partial charge on any atom is 0.162 e. The summed E-state index contributed by atoms with van der Waals surface area (Å²) >= 11 is 3.37. The molecule has 0 radical (unpaired) electrons. The van der Waals surface area contributed by atoms with E-state index in [0.717, 1.165) is 4.47 Å². The van der Waals surface area contributed by atoms with Gasteiger partial charge in [-0.2, -0.15) is 0 Å². The van der Waals surface area contributed by atoms with Gasteiger partial charge in [0.2, 0.25) is 0 Å². The molecule has 3 nitrogen and oxygen atoms in total. The molecular formula is C13H15BrO3. The summed E-state index contributed by atoms with van der Waals surface area (Å²) in [6.07, 6.45) is 0. The van der Waals surface area contributed by atoms with Gasteiger partial charge in [0, 0.05) is 15.5 Å². The van der Waals surface area contributed by atoms with E-state index in [-0.39, 0.29) is 11.2 Å². The van der Waals surface area contributed by atoms with Crippen molar-refractivity contribution in [3.8, 4) is 11.5 Å². The fourth-order valence-corrected chi connectivity index (χ4v) is 2.22. The van der Waals surface area contributed by atoms with Gasteiger partial charge in [0.15, 0.2) is 17.3 Å². The minimum absolute atomic E-state index is 0.00628. The standard InChI is InChI=1S/C13H15BrO3/c1-8(15)9-4-11-12(5-10(9)14)17-7-13(2,3)6-16-11/h4-5H,6-7H2,1-3H3. The summed E-state index contributed by atoms with van der Waals surface area (Å²) in [5, 5.41) is 0. The number of carbonyl (C=O) groups excluding carboxylic acids is 1. The molecule has 1 aliphatic heterocycles. The lowest BCUT2D eigenvalue weighted by Gasteiger charge is -2.19. The topological polar surface area (TPSA) is 35.5 Å². The summed E-state index contributed by atoms with van der Waals surface area (Å²) in [7, 11) is 0. The third-order valence-electron chi connectivity index (χ3n) is 2.65. The first-order valence-corrected chi connectivity index (χ1v) is 6.28. The van der Waals surface area contributed by atoms with E-state index in [0.29, 0.717) is 30.3 Å². The Morgan fingerprint density at radius 2 is 1.76 bits per heavy atom. The fraction of sp³-hybridized carbons (Fsp3) is 0.462. The van der Waals surface area contributed by atoms with Crippen LogP contribution < -0.4 is 9.47 Å². The summed E-state index contributed by atoms with van der Waals surface area (Å²) in [5.41, 5.74) is 0.592. The summed E-state index contributed by atoms with van der Waals surface area (Å²) in [6, 6.07) is 3.54. The first-order chi connectivity index (χ1) is 7.89. The minimum Gasteiger partial charge on any atom is -0.489 e. The number of benzene rings is 1. The Hall–Kier alpha value is -1.03. The van der Waals surface area contributed by atoms with E-state index in [2.05, 4.69) is 29.8 Å². The smallest absolute Gasteiger partial charge is 0.162 e. The molecule has 92 valence electrons. The molecule has 0 aliphatic carbocycles. The fourth-order valence-electron chi connectivity index (χ4n) is 1.62. The Labute approximate surface area is 109 Å². The van der Waals surface area contributed by atoms with Crippen LogP contribution in [0.5, 0.6) is 11.5 Å². The van der Waals surface area contributed by atoms with Gasteiger partial charge in [-0.3, -0.25) is 4.79 Å². The monoisotopic (exact) mass is 298 g/mol. The highest BCUT2D eigenvalue weighted by Gasteiger charge is 2.26. The maximum atomic E-state index is 11.4. The summed E-state index contributed by atoms with van der Waals surface area (Å²) in [4.78, 5) is 11.4. The number of ketones is 1. The predicted molar refractivity (Wildman–Crippen MR) is 68.9 cm³/mol. The lowest BCUT2D eigenvalue weighted by molar-refractivity contribution is 0.101. The number of Topliss-reactive ketones (excluding diaryl/α,β-unsaturated/α-hetero) is 1. The molecule has 4 heteroatoms. The van der Waals surface area contributed by atoms with Gasteiger partial charge in [-0.15, -0.1) is 0 Å². The highest BCUT2D eigenvalue weighted by Crippen LogP contribution is 2.37. The van der Waals surface area contributed by atoms with E-state index in [9.17, 15) is 4.79 Å². The Kier molecular flexibility index (Phi) is 3.17. The molecule has 0 saturated carbocycles. The van der Waals surface area contributed by atoms with Crippen LogP contribution in [-0.4, -0.2) is 19.0 Å². The van der Waals surface area contributed by atoms with Crippen molar-refractivity contribution in [1.29, 1.82) is 0 Å². The molecule has 0 bridgehead atoms. The molecule has 17 heavy (non-hydrogen) atoms. The van der Waals surface area contributed by atoms with Crippen molar-refractivity contribution in [2.75, 3.05) is 13.2 Å². The van der Waals surface area contributed by atoms with Gasteiger partial charge in [0.1, 0.15) is 0 Å². The number of hydrogen-bond acceptors (Lipinski definition) is 3. The zero-order valence-corrected chi connectivity index (χ0v) is 11.8. The molecular weight excluding hydrogens is 284 g/mol. The molecule has 1 aliphatic rings. The normalized spacial score (nSPS) is 17.4. The van der Waals surface area contributed by atoms with E-state index in [1.54, 1.807) is 12.1 Å². The zero-order valence-electron chi connectivity index (χ0n) is 10.2. The van der Waals surface area contributed by atoms with Crippen molar-refractivity contribution in [1.82, 2.24) is 0 Å². The largest absolute Gasteiger partial charge is 0.489 e. The van der Waals surface area contributed by atoms with Crippen molar-refractivity contribution in [2.24, 2.45) is 5.41 Å². The average Bonchev–Trinajstić information content (AvgIpc) is 2.37. The van der Waals surface area contributed by atoms with Crippen LogP contribution in [0.1, 0.15) is 31.1 Å². The van der Waals surface area contributed by atoms with Crippen molar-refractivity contribution < 1.29 is 14.3 Å². The lowest BCUT2D eigenvalue weighted by atomic mass is 9.97. The molecule has 0 aromatic heterocycles. The molecule has 0 atom stereocenters. The van der Waals surface area contributed by atoms with Crippen molar-refractivity contribution in [3.05, 3.63) is 22.2 Å². The second-order valence-electron chi connectivity index (χ2n) is 5.08. The Morgan fingerprint density at radius 3 is 2.29 bits per heavy atom. The van der Waals surface area contributed by atoms with Crippen LogP contribution in [0.15, 0.2) is 16.6 Å².